The van der Waals surface area contributed by atoms with E-state index in [-0.39, 0.29) is 5.91 Å². The maximum absolute atomic E-state index is 12.5. The second-order valence-corrected chi connectivity index (χ2v) is 8.21. The number of likely N-dealkylation sites (N-methyl/N-ethyl adjacent to an activating group) is 1. The zero-order valence-electron chi connectivity index (χ0n) is 15.6. The minimum Gasteiger partial charge on any atom is -0.373 e. The van der Waals surface area contributed by atoms with Crippen LogP contribution in [0.5, 0.6) is 0 Å². The summed E-state index contributed by atoms with van der Waals surface area (Å²) in [6.07, 6.45) is 1.14. The van der Waals surface area contributed by atoms with E-state index in [1.165, 1.54) is 11.4 Å². The number of benzene rings is 2. The fraction of sp³-hybridized carbons (Fsp3) is 0.316. The second kappa shape index (κ2) is 8.23. The number of nitrogens with one attached hydrogen (secondary N) is 1. The number of rotatable bonds is 7. The first-order chi connectivity index (χ1) is 12.2. The van der Waals surface area contributed by atoms with E-state index >= 15 is 0 Å². The Bertz CT molecular complexity index is 867. The Hall–Kier alpha value is -2.54. The predicted molar refractivity (Wildman–Crippen MR) is 106 cm³/mol. The quantitative estimate of drug-likeness (QED) is 0.806. The molecule has 6 nitrogen and oxygen atoms in total. The monoisotopic (exact) mass is 375 g/mol. The van der Waals surface area contributed by atoms with Gasteiger partial charge < -0.3 is 10.2 Å². The molecule has 2 aromatic carbocycles. The molecule has 2 rings (SSSR count). The zero-order chi connectivity index (χ0) is 19.3. The predicted octanol–water partition coefficient (Wildman–Crippen LogP) is 2.26. The number of nitrogens with zero attached hydrogens (tertiary/aromatic N) is 2. The van der Waals surface area contributed by atoms with Gasteiger partial charge in [0.15, 0.2) is 0 Å². The number of hydrogen-bond donors (Lipinski definition) is 1. The summed E-state index contributed by atoms with van der Waals surface area (Å²) in [6, 6.07) is 15.0. The molecule has 1 amide bonds. The maximum atomic E-state index is 12.5. The van der Waals surface area contributed by atoms with Gasteiger partial charge in [-0.2, -0.15) is 0 Å². The molecule has 0 bridgehead atoms. The lowest BCUT2D eigenvalue weighted by Gasteiger charge is -2.21. The molecule has 1 N–H and O–H groups in total. The van der Waals surface area contributed by atoms with Gasteiger partial charge >= 0.3 is 0 Å². The van der Waals surface area contributed by atoms with Crippen LogP contribution in [-0.2, 0) is 10.0 Å². The van der Waals surface area contributed by atoms with Crippen molar-refractivity contribution in [3.63, 3.8) is 0 Å². The van der Waals surface area contributed by atoms with Gasteiger partial charge in [-0.25, -0.2) is 8.42 Å². The van der Waals surface area contributed by atoms with E-state index in [0.29, 0.717) is 29.9 Å². The van der Waals surface area contributed by atoms with Crippen LogP contribution in [0.2, 0.25) is 0 Å². The molecule has 7 heteroatoms. The van der Waals surface area contributed by atoms with E-state index in [1.54, 1.807) is 25.1 Å². The van der Waals surface area contributed by atoms with Gasteiger partial charge in [0.2, 0.25) is 10.0 Å². The minimum absolute atomic E-state index is 0.215. The Kier molecular flexibility index (Phi) is 6.26. The lowest BCUT2D eigenvalue weighted by atomic mass is 10.1. The van der Waals surface area contributed by atoms with Gasteiger partial charge in [0.25, 0.3) is 5.91 Å². The van der Waals surface area contributed by atoms with Crippen LogP contribution in [-0.4, -0.2) is 47.8 Å². The highest BCUT2D eigenvalue weighted by Gasteiger charge is 2.18. The minimum atomic E-state index is -3.38. The van der Waals surface area contributed by atoms with Crippen LogP contribution in [0.3, 0.4) is 0 Å². The van der Waals surface area contributed by atoms with Crippen LogP contribution >= 0.6 is 0 Å². The molecule has 0 saturated carbocycles. The zero-order valence-corrected chi connectivity index (χ0v) is 16.4. The Morgan fingerprint density at radius 2 is 1.69 bits per heavy atom. The van der Waals surface area contributed by atoms with E-state index in [4.69, 9.17) is 0 Å². The standard InChI is InChI=1S/C19H25N3O3S/c1-15-17(11-8-12-18(15)22(3)26(4,24)25)19(23)20-13-14-21(2)16-9-6-5-7-10-16/h5-12H,13-14H2,1-4H3,(H,20,23). The molecule has 0 aliphatic carbocycles. The largest absolute Gasteiger partial charge is 0.373 e. The van der Waals surface area contributed by atoms with Gasteiger partial charge in [-0.3, -0.25) is 9.10 Å². The van der Waals surface area contributed by atoms with Crippen molar-refractivity contribution in [3.8, 4) is 0 Å². The van der Waals surface area contributed by atoms with Crippen LogP contribution in [0, 0.1) is 6.92 Å². The van der Waals surface area contributed by atoms with Crippen LogP contribution in [0.25, 0.3) is 0 Å². The van der Waals surface area contributed by atoms with Crippen LogP contribution in [0.1, 0.15) is 15.9 Å². The van der Waals surface area contributed by atoms with Crippen molar-refractivity contribution in [2.75, 3.05) is 42.6 Å². The van der Waals surface area contributed by atoms with E-state index in [0.717, 1.165) is 11.9 Å². The third-order valence-electron chi connectivity index (χ3n) is 4.32. The molecule has 2 aromatic rings. The summed E-state index contributed by atoms with van der Waals surface area (Å²) < 4.78 is 24.7. The highest BCUT2D eigenvalue weighted by Crippen LogP contribution is 2.24. The number of anilines is 2. The van der Waals surface area contributed by atoms with Gasteiger partial charge in [-0.1, -0.05) is 24.3 Å². The number of hydrogen-bond acceptors (Lipinski definition) is 4. The van der Waals surface area contributed by atoms with Gasteiger partial charge in [0, 0.05) is 38.4 Å². The van der Waals surface area contributed by atoms with E-state index < -0.39 is 10.0 Å². The molecule has 140 valence electrons. The Morgan fingerprint density at radius 1 is 1.04 bits per heavy atom. The van der Waals surface area contributed by atoms with Crippen molar-refractivity contribution in [3.05, 3.63) is 59.7 Å². The SMILES string of the molecule is Cc1c(C(=O)NCCN(C)c2ccccc2)cccc1N(C)S(C)(=O)=O. The number of carbonyl (C=O) groups is 1. The van der Waals surface area contributed by atoms with E-state index in [2.05, 4.69) is 10.2 Å². The Balaban J connectivity index is 2.04. The molecule has 0 heterocycles. The van der Waals surface area contributed by atoms with Crippen LogP contribution in [0.4, 0.5) is 11.4 Å². The van der Waals surface area contributed by atoms with Crippen LogP contribution < -0.4 is 14.5 Å². The lowest BCUT2D eigenvalue weighted by Crippen LogP contribution is -2.33. The summed E-state index contributed by atoms with van der Waals surface area (Å²) in [7, 11) is 0.0623. The van der Waals surface area contributed by atoms with Crippen molar-refractivity contribution in [2.24, 2.45) is 0 Å². The highest BCUT2D eigenvalue weighted by atomic mass is 32.2. The summed E-state index contributed by atoms with van der Waals surface area (Å²) >= 11 is 0. The van der Waals surface area contributed by atoms with Crippen LogP contribution in [0.15, 0.2) is 48.5 Å². The molecular formula is C19H25N3O3S. The molecule has 26 heavy (non-hydrogen) atoms. The molecule has 0 saturated heterocycles. The summed E-state index contributed by atoms with van der Waals surface area (Å²) in [4.78, 5) is 14.6. The normalized spacial score (nSPS) is 11.1. The third kappa shape index (κ3) is 4.76. The first-order valence-corrected chi connectivity index (χ1v) is 10.1. The fourth-order valence-electron chi connectivity index (χ4n) is 2.63. The average molecular weight is 375 g/mol. The molecular weight excluding hydrogens is 350 g/mol. The van der Waals surface area contributed by atoms with Crippen molar-refractivity contribution >= 4 is 27.3 Å². The first-order valence-electron chi connectivity index (χ1n) is 8.29. The fourth-order valence-corrected chi connectivity index (χ4v) is 3.19. The molecule has 0 aliphatic heterocycles. The number of carbonyl (C=O) groups excluding carboxylic acids is 1. The number of sulfonamides is 1. The van der Waals surface area contributed by atoms with Crippen molar-refractivity contribution in [1.29, 1.82) is 0 Å². The highest BCUT2D eigenvalue weighted by molar-refractivity contribution is 7.92. The Labute approximate surface area is 155 Å². The van der Waals surface area contributed by atoms with Gasteiger partial charge in [-0.15, -0.1) is 0 Å². The molecule has 0 fully saturated rings. The van der Waals surface area contributed by atoms with Gasteiger partial charge in [0.1, 0.15) is 0 Å². The maximum Gasteiger partial charge on any atom is 0.251 e. The molecule has 0 aromatic heterocycles. The molecule has 0 aliphatic rings. The van der Waals surface area contributed by atoms with E-state index in [1.807, 2.05) is 37.4 Å². The number of para-hydroxylation sites is 1. The van der Waals surface area contributed by atoms with Crippen molar-refractivity contribution in [1.82, 2.24) is 5.32 Å². The van der Waals surface area contributed by atoms with Crippen molar-refractivity contribution < 1.29 is 13.2 Å². The average Bonchev–Trinajstić information content (AvgIpc) is 2.61. The molecule has 0 spiro atoms. The van der Waals surface area contributed by atoms with E-state index in [9.17, 15) is 13.2 Å². The summed E-state index contributed by atoms with van der Waals surface area (Å²) in [6.45, 7) is 2.90. The molecule has 0 unspecified atom stereocenters. The van der Waals surface area contributed by atoms with Gasteiger partial charge in [0.05, 0.1) is 11.9 Å². The second-order valence-electron chi connectivity index (χ2n) is 6.19. The summed E-state index contributed by atoms with van der Waals surface area (Å²) in [5.41, 5.74) is 2.69. The summed E-state index contributed by atoms with van der Waals surface area (Å²) in [5, 5.41) is 2.90. The third-order valence-corrected chi connectivity index (χ3v) is 5.51. The topological polar surface area (TPSA) is 69.7 Å². The smallest absolute Gasteiger partial charge is 0.251 e. The molecule has 0 radical (unpaired) electrons. The summed E-state index contributed by atoms with van der Waals surface area (Å²) in [5.74, 6) is -0.215. The Morgan fingerprint density at radius 3 is 2.31 bits per heavy atom. The lowest BCUT2D eigenvalue weighted by molar-refractivity contribution is 0.0954. The van der Waals surface area contributed by atoms with Crippen molar-refractivity contribution in [2.45, 2.75) is 6.92 Å². The first kappa shape index (κ1) is 19.8. The van der Waals surface area contributed by atoms with Gasteiger partial charge in [-0.05, 0) is 36.8 Å². The molecule has 0 atom stereocenters. The number of amides is 1.